The van der Waals surface area contributed by atoms with Crippen molar-refractivity contribution in [2.45, 2.75) is 50.9 Å². The van der Waals surface area contributed by atoms with Crippen LogP contribution in [0.3, 0.4) is 0 Å². The minimum Gasteiger partial charge on any atom is -0.495 e. The number of rotatable bonds is 2. The molecule has 1 heterocycles. The summed E-state index contributed by atoms with van der Waals surface area (Å²) in [5.41, 5.74) is 1.74. The average Bonchev–Trinajstić information content (AvgIpc) is 2.36. The van der Waals surface area contributed by atoms with E-state index in [0.29, 0.717) is 5.92 Å². The number of carbonyl (C=O) groups is 1. The van der Waals surface area contributed by atoms with E-state index in [2.05, 4.69) is 26.8 Å². The van der Waals surface area contributed by atoms with Crippen molar-refractivity contribution in [3.8, 4) is 5.75 Å². The van der Waals surface area contributed by atoms with Crippen molar-refractivity contribution in [3.63, 3.8) is 0 Å². The highest BCUT2D eigenvalue weighted by molar-refractivity contribution is 6.32. The SMILES string of the molecule is COc1cccc2c1N(C(=O)C(C)Cl)C(C)(C)CC2C. The third-order valence-electron chi connectivity index (χ3n) is 3.98. The monoisotopic (exact) mass is 295 g/mol. The van der Waals surface area contributed by atoms with Crippen molar-refractivity contribution < 1.29 is 9.53 Å². The van der Waals surface area contributed by atoms with E-state index in [9.17, 15) is 4.79 Å². The Bertz CT molecular complexity index is 525. The molecule has 2 unspecified atom stereocenters. The van der Waals surface area contributed by atoms with E-state index in [4.69, 9.17) is 16.3 Å². The number of hydrogen-bond acceptors (Lipinski definition) is 2. The fraction of sp³-hybridized carbons (Fsp3) is 0.562. The summed E-state index contributed by atoms with van der Waals surface area (Å²) in [6, 6.07) is 5.93. The Balaban J connectivity index is 2.66. The molecule has 20 heavy (non-hydrogen) atoms. The standard InChI is InChI=1S/C16H22ClNO2/c1-10-9-16(3,4)18(15(19)11(2)17)14-12(10)7-6-8-13(14)20-5/h6-8,10-11H,9H2,1-5H3. The maximum atomic E-state index is 12.6. The molecule has 0 N–H and O–H groups in total. The molecule has 1 aromatic rings. The van der Waals surface area contributed by atoms with Gasteiger partial charge in [0.2, 0.25) is 5.91 Å². The molecule has 0 bridgehead atoms. The highest BCUT2D eigenvalue weighted by atomic mass is 35.5. The molecule has 2 atom stereocenters. The van der Waals surface area contributed by atoms with Crippen LogP contribution < -0.4 is 9.64 Å². The Hall–Kier alpha value is -1.22. The van der Waals surface area contributed by atoms with E-state index in [0.717, 1.165) is 23.4 Å². The van der Waals surface area contributed by atoms with E-state index < -0.39 is 5.38 Å². The fourth-order valence-electron chi connectivity index (χ4n) is 3.18. The predicted molar refractivity (Wildman–Crippen MR) is 82.9 cm³/mol. The largest absolute Gasteiger partial charge is 0.495 e. The number of methoxy groups -OCH3 is 1. The second kappa shape index (κ2) is 5.28. The number of benzene rings is 1. The molecule has 1 aromatic carbocycles. The molecule has 0 aliphatic carbocycles. The van der Waals surface area contributed by atoms with Crippen LogP contribution in [0.5, 0.6) is 5.75 Å². The maximum Gasteiger partial charge on any atom is 0.245 e. The van der Waals surface area contributed by atoms with Gasteiger partial charge in [0.25, 0.3) is 0 Å². The molecule has 1 aliphatic rings. The van der Waals surface area contributed by atoms with Gasteiger partial charge < -0.3 is 9.64 Å². The van der Waals surface area contributed by atoms with E-state index in [1.807, 2.05) is 17.0 Å². The van der Waals surface area contributed by atoms with Gasteiger partial charge in [-0.05, 0) is 44.7 Å². The summed E-state index contributed by atoms with van der Waals surface area (Å²) >= 11 is 6.06. The molecule has 0 aromatic heterocycles. The van der Waals surface area contributed by atoms with E-state index in [1.54, 1.807) is 14.0 Å². The molecule has 3 nitrogen and oxygen atoms in total. The van der Waals surface area contributed by atoms with Crippen LogP contribution in [0.15, 0.2) is 18.2 Å². The lowest BCUT2D eigenvalue weighted by Crippen LogP contribution is -2.53. The zero-order valence-electron chi connectivity index (χ0n) is 12.7. The molecule has 4 heteroatoms. The van der Waals surface area contributed by atoms with Crippen LogP contribution in [0, 0.1) is 0 Å². The minimum atomic E-state index is -0.555. The third-order valence-corrected chi connectivity index (χ3v) is 4.16. The van der Waals surface area contributed by atoms with Crippen molar-refractivity contribution in [3.05, 3.63) is 23.8 Å². The molecule has 1 aliphatic heterocycles. The quantitative estimate of drug-likeness (QED) is 0.773. The maximum absolute atomic E-state index is 12.6. The van der Waals surface area contributed by atoms with Crippen LogP contribution in [0.1, 0.15) is 45.6 Å². The van der Waals surface area contributed by atoms with Gasteiger partial charge in [-0.1, -0.05) is 19.1 Å². The van der Waals surface area contributed by atoms with Crippen LogP contribution >= 0.6 is 11.6 Å². The number of para-hydroxylation sites is 1. The van der Waals surface area contributed by atoms with Crippen LogP contribution in [-0.2, 0) is 4.79 Å². The first-order chi connectivity index (χ1) is 9.29. The van der Waals surface area contributed by atoms with Crippen molar-refractivity contribution in [2.75, 3.05) is 12.0 Å². The molecule has 0 saturated heterocycles. The van der Waals surface area contributed by atoms with Gasteiger partial charge in [-0.3, -0.25) is 4.79 Å². The van der Waals surface area contributed by atoms with Gasteiger partial charge >= 0.3 is 0 Å². The molecule has 0 fully saturated rings. The molecular weight excluding hydrogens is 274 g/mol. The van der Waals surface area contributed by atoms with Crippen LogP contribution in [0.4, 0.5) is 5.69 Å². The third kappa shape index (κ3) is 2.39. The highest BCUT2D eigenvalue weighted by Gasteiger charge is 2.42. The van der Waals surface area contributed by atoms with Gasteiger partial charge in [-0.2, -0.15) is 0 Å². The highest BCUT2D eigenvalue weighted by Crippen LogP contribution is 2.48. The Morgan fingerprint density at radius 3 is 2.70 bits per heavy atom. The number of nitrogens with zero attached hydrogens (tertiary/aromatic N) is 1. The number of hydrogen-bond donors (Lipinski definition) is 0. The number of halogens is 1. The summed E-state index contributed by atoms with van der Waals surface area (Å²) in [5.74, 6) is 1.03. The number of alkyl halides is 1. The zero-order valence-corrected chi connectivity index (χ0v) is 13.5. The molecule has 2 rings (SSSR count). The van der Waals surface area contributed by atoms with Crippen LogP contribution in [-0.4, -0.2) is 23.9 Å². The van der Waals surface area contributed by atoms with Crippen molar-refractivity contribution in [1.29, 1.82) is 0 Å². The first-order valence-corrected chi connectivity index (χ1v) is 7.38. The Morgan fingerprint density at radius 1 is 1.50 bits per heavy atom. The number of fused-ring (bicyclic) bond motifs is 1. The topological polar surface area (TPSA) is 29.5 Å². The lowest BCUT2D eigenvalue weighted by Gasteiger charge is -2.46. The Kier molecular flexibility index (Phi) is 4.01. The predicted octanol–water partition coefficient (Wildman–Crippen LogP) is 3.94. The fourth-order valence-corrected chi connectivity index (χ4v) is 3.28. The van der Waals surface area contributed by atoms with Gasteiger partial charge in [0.1, 0.15) is 11.1 Å². The number of ether oxygens (including phenoxy) is 1. The van der Waals surface area contributed by atoms with Crippen LogP contribution in [0.2, 0.25) is 0 Å². The molecule has 0 saturated carbocycles. The lowest BCUT2D eigenvalue weighted by atomic mass is 9.79. The molecule has 1 amide bonds. The van der Waals surface area contributed by atoms with Gasteiger partial charge in [-0.25, -0.2) is 0 Å². The summed E-state index contributed by atoms with van der Waals surface area (Å²) in [6.45, 7) is 8.06. The molecule has 0 radical (unpaired) electrons. The number of amides is 1. The van der Waals surface area contributed by atoms with Gasteiger partial charge in [0.15, 0.2) is 0 Å². The average molecular weight is 296 g/mol. The smallest absolute Gasteiger partial charge is 0.245 e. The summed E-state index contributed by atoms with van der Waals surface area (Å²) in [6.07, 6.45) is 0.905. The van der Waals surface area contributed by atoms with E-state index in [1.165, 1.54) is 0 Å². The summed E-state index contributed by atoms with van der Waals surface area (Å²) in [7, 11) is 1.63. The van der Waals surface area contributed by atoms with E-state index in [-0.39, 0.29) is 11.4 Å². The first kappa shape index (κ1) is 15.2. The molecule has 110 valence electrons. The van der Waals surface area contributed by atoms with Crippen molar-refractivity contribution in [1.82, 2.24) is 0 Å². The summed E-state index contributed by atoms with van der Waals surface area (Å²) in [4.78, 5) is 14.4. The van der Waals surface area contributed by atoms with Crippen molar-refractivity contribution >= 4 is 23.2 Å². The molecule has 0 spiro atoms. The second-order valence-electron chi connectivity index (χ2n) is 6.11. The number of carbonyl (C=O) groups excluding carboxylic acids is 1. The van der Waals surface area contributed by atoms with Gasteiger partial charge in [-0.15, -0.1) is 11.6 Å². The number of anilines is 1. The Labute approximate surface area is 125 Å². The first-order valence-electron chi connectivity index (χ1n) is 6.94. The molecular formula is C16H22ClNO2. The van der Waals surface area contributed by atoms with Gasteiger partial charge in [0, 0.05) is 5.54 Å². The minimum absolute atomic E-state index is 0.0747. The normalized spacial score (nSPS) is 22.1. The second-order valence-corrected chi connectivity index (χ2v) is 6.76. The van der Waals surface area contributed by atoms with E-state index >= 15 is 0 Å². The lowest BCUT2D eigenvalue weighted by molar-refractivity contribution is -0.119. The summed E-state index contributed by atoms with van der Waals surface area (Å²) in [5, 5.41) is -0.555. The summed E-state index contributed by atoms with van der Waals surface area (Å²) < 4.78 is 5.48. The van der Waals surface area contributed by atoms with Gasteiger partial charge in [0.05, 0.1) is 12.8 Å². The van der Waals surface area contributed by atoms with Crippen LogP contribution in [0.25, 0.3) is 0 Å². The zero-order chi connectivity index (χ0) is 15.1. The Morgan fingerprint density at radius 2 is 2.15 bits per heavy atom. The van der Waals surface area contributed by atoms with Crippen molar-refractivity contribution in [2.24, 2.45) is 0 Å².